The minimum absolute atomic E-state index is 0.0614. The van der Waals surface area contributed by atoms with Crippen molar-refractivity contribution in [2.75, 3.05) is 13.1 Å². The lowest BCUT2D eigenvalue weighted by Crippen LogP contribution is -2.26. The third-order valence-electron chi connectivity index (χ3n) is 3.22. The van der Waals surface area contributed by atoms with Crippen LogP contribution in [0.15, 0.2) is 30.5 Å². The number of carbonyl (C=O) groups excluding carboxylic acids is 1. The Labute approximate surface area is 118 Å². The van der Waals surface area contributed by atoms with Crippen LogP contribution >= 0.6 is 0 Å². The van der Waals surface area contributed by atoms with Crippen LogP contribution in [0.3, 0.4) is 0 Å². The van der Waals surface area contributed by atoms with Crippen LogP contribution in [0.1, 0.15) is 28.2 Å². The van der Waals surface area contributed by atoms with E-state index < -0.39 is 0 Å². The van der Waals surface area contributed by atoms with Crippen LogP contribution in [0.2, 0.25) is 0 Å². The lowest BCUT2D eigenvalue weighted by molar-refractivity contribution is 0.0953. The van der Waals surface area contributed by atoms with E-state index in [1.165, 1.54) is 0 Å². The molecule has 0 aromatic carbocycles. The first-order valence-electron chi connectivity index (χ1n) is 6.73. The SMILES string of the molecule is Cc1cc(C(=O)NCCCN)c(C)n1-c1ccccn1. The Bertz CT molecular complexity index is 589. The molecule has 0 aliphatic heterocycles. The fourth-order valence-corrected chi connectivity index (χ4v) is 2.23. The molecule has 0 spiro atoms. The minimum atomic E-state index is -0.0614. The number of hydrogen-bond acceptors (Lipinski definition) is 3. The van der Waals surface area contributed by atoms with E-state index in [4.69, 9.17) is 5.73 Å². The summed E-state index contributed by atoms with van der Waals surface area (Å²) in [5.74, 6) is 0.761. The summed E-state index contributed by atoms with van der Waals surface area (Å²) >= 11 is 0. The van der Waals surface area contributed by atoms with Crippen LogP contribution in [0, 0.1) is 13.8 Å². The normalized spacial score (nSPS) is 10.6. The number of pyridine rings is 1. The molecule has 5 nitrogen and oxygen atoms in total. The zero-order valence-electron chi connectivity index (χ0n) is 11.9. The second-order valence-electron chi connectivity index (χ2n) is 4.71. The summed E-state index contributed by atoms with van der Waals surface area (Å²) in [5, 5.41) is 2.88. The van der Waals surface area contributed by atoms with Crippen molar-refractivity contribution >= 4 is 5.91 Å². The highest BCUT2D eigenvalue weighted by Crippen LogP contribution is 2.19. The molecule has 1 amide bonds. The molecule has 2 heterocycles. The molecule has 2 aromatic heterocycles. The third-order valence-corrected chi connectivity index (χ3v) is 3.22. The van der Waals surface area contributed by atoms with E-state index in [2.05, 4.69) is 10.3 Å². The number of nitrogens with one attached hydrogen (secondary N) is 1. The van der Waals surface area contributed by atoms with Gasteiger partial charge in [0.25, 0.3) is 5.91 Å². The first-order valence-corrected chi connectivity index (χ1v) is 6.73. The highest BCUT2D eigenvalue weighted by Gasteiger charge is 2.16. The molecular formula is C15H20N4O. The van der Waals surface area contributed by atoms with Gasteiger partial charge >= 0.3 is 0 Å². The highest BCUT2D eigenvalue weighted by molar-refractivity contribution is 5.95. The molecule has 2 aromatic rings. The van der Waals surface area contributed by atoms with Crippen LogP contribution < -0.4 is 11.1 Å². The van der Waals surface area contributed by atoms with E-state index in [0.717, 1.165) is 23.6 Å². The van der Waals surface area contributed by atoms with Gasteiger partial charge < -0.3 is 15.6 Å². The van der Waals surface area contributed by atoms with Crippen LogP contribution in [0.5, 0.6) is 0 Å². The van der Waals surface area contributed by atoms with Gasteiger partial charge in [-0.15, -0.1) is 0 Å². The van der Waals surface area contributed by atoms with Gasteiger partial charge in [-0.3, -0.25) is 4.79 Å². The lowest BCUT2D eigenvalue weighted by atomic mass is 10.2. The molecule has 3 N–H and O–H groups in total. The molecule has 0 atom stereocenters. The Morgan fingerprint density at radius 3 is 2.85 bits per heavy atom. The number of aryl methyl sites for hydroxylation is 1. The summed E-state index contributed by atoms with van der Waals surface area (Å²) in [5.41, 5.74) is 7.99. The Balaban J connectivity index is 2.27. The Morgan fingerprint density at radius 2 is 2.20 bits per heavy atom. The van der Waals surface area contributed by atoms with Crippen molar-refractivity contribution < 1.29 is 4.79 Å². The van der Waals surface area contributed by atoms with Crippen LogP contribution in [0.25, 0.3) is 5.82 Å². The summed E-state index contributed by atoms with van der Waals surface area (Å²) in [6.45, 7) is 5.08. The summed E-state index contributed by atoms with van der Waals surface area (Å²) in [6, 6.07) is 7.62. The van der Waals surface area contributed by atoms with Gasteiger partial charge in [0, 0.05) is 24.1 Å². The van der Waals surface area contributed by atoms with E-state index in [9.17, 15) is 4.79 Å². The number of amides is 1. The maximum Gasteiger partial charge on any atom is 0.253 e. The predicted molar refractivity (Wildman–Crippen MR) is 79.0 cm³/mol. The Kier molecular flexibility index (Phi) is 4.53. The maximum atomic E-state index is 12.2. The van der Waals surface area contributed by atoms with Crippen molar-refractivity contribution in [3.8, 4) is 5.82 Å². The van der Waals surface area contributed by atoms with Crippen molar-refractivity contribution in [1.29, 1.82) is 0 Å². The fourth-order valence-electron chi connectivity index (χ4n) is 2.23. The molecule has 0 bridgehead atoms. The number of rotatable bonds is 5. The Morgan fingerprint density at radius 1 is 1.40 bits per heavy atom. The van der Waals surface area contributed by atoms with Crippen molar-refractivity contribution in [3.63, 3.8) is 0 Å². The minimum Gasteiger partial charge on any atom is -0.352 e. The monoisotopic (exact) mass is 272 g/mol. The van der Waals surface area contributed by atoms with E-state index in [1.807, 2.05) is 42.7 Å². The van der Waals surface area contributed by atoms with Crippen molar-refractivity contribution in [3.05, 3.63) is 47.4 Å². The average Bonchev–Trinajstić information content (AvgIpc) is 2.75. The van der Waals surface area contributed by atoms with Crippen molar-refractivity contribution in [2.45, 2.75) is 20.3 Å². The highest BCUT2D eigenvalue weighted by atomic mass is 16.1. The number of hydrogen-bond donors (Lipinski definition) is 2. The quantitative estimate of drug-likeness (QED) is 0.811. The van der Waals surface area contributed by atoms with E-state index in [0.29, 0.717) is 18.7 Å². The van der Waals surface area contributed by atoms with Gasteiger partial charge in [-0.1, -0.05) is 6.07 Å². The molecule has 0 radical (unpaired) electrons. The van der Waals surface area contributed by atoms with Gasteiger partial charge in [-0.2, -0.15) is 0 Å². The molecule has 0 unspecified atom stereocenters. The molecule has 0 saturated carbocycles. The summed E-state index contributed by atoms with van der Waals surface area (Å²) in [6.07, 6.45) is 2.53. The number of aromatic nitrogens is 2. The summed E-state index contributed by atoms with van der Waals surface area (Å²) in [7, 11) is 0. The standard InChI is InChI=1S/C15H20N4O/c1-11-10-13(15(20)18-9-5-7-16)12(2)19(11)14-6-3-4-8-17-14/h3-4,6,8,10H,5,7,9,16H2,1-2H3,(H,18,20). The molecule has 2 rings (SSSR count). The van der Waals surface area contributed by atoms with Gasteiger partial charge in [0.05, 0.1) is 5.56 Å². The number of nitrogens with two attached hydrogens (primary N) is 1. The lowest BCUT2D eigenvalue weighted by Gasteiger charge is -2.08. The number of carbonyl (C=O) groups is 1. The van der Waals surface area contributed by atoms with Gasteiger partial charge in [0.15, 0.2) is 0 Å². The molecule has 20 heavy (non-hydrogen) atoms. The average molecular weight is 272 g/mol. The van der Waals surface area contributed by atoms with Gasteiger partial charge in [-0.05, 0) is 45.0 Å². The van der Waals surface area contributed by atoms with Gasteiger partial charge in [0.2, 0.25) is 0 Å². The van der Waals surface area contributed by atoms with Gasteiger partial charge in [0.1, 0.15) is 5.82 Å². The zero-order valence-corrected chi connectivity index (χ0v) is 11.9. The Hall–Kier alpha value is -2.14. The first kappa shape index (κ1) is 14.3. The zero-order chi connectivity index (χ0) is 14.5. The molecule has 0 aliphatic rings. The molecule has 0 fully saturated rings. The molecule has 5 heteroatoms. The van der Waals surface area contributed by atoms with E-state index in [-0.39, 0.29) is 5.91 Å². The second-order valence-corrected chi connectivity index (χ2v) is 4.71. The van der Waals surface area contributed by atoms with Crippen LogP contribution in [-0.4, -0.2) is 28.5 Å². The molecule has 106 valence electrons. The van der Waals surface area contributed by atoms with Gasteiger partial charge in [-0.25, -0.2) is 4.98 Å². The molecular weight excluding hydrogens is 252 g/mol. The van der Waals surface area contributed by atoms with Crippen LogP contribution in [0.4, 0.5) is 0 Å². The van der Waals surface area contributed by atoms with E-state index >= 15 is 0 Å². The smallest absolute Gasteiger partial charge is 0.253 e. The van der Waals surface area contributed by atoms with E-state index in [1.54, 1.807) is 6.20 Å². The summed E-state index contributed by atoms with van der Waals surface area (Å²) < 4.78 is 1.98. The summed E-state index contributed by atoms with van der Waals surface area (Å²) in [4.78, 5) is 16.5. The largest absolute Gasteiger partial charge is 0.352 e. The maximum absolute atomic E-state index is 12.2. The predicted octanol–water partition coefficient (Wildman–Crippen LogP) is 1.57. The number of nitrogens with zero attached hydrogens (tertiary/aromatic N) is 2. The third kappa shape index (κ3) is 2.88. The molecule has 0 saturated heterocycles. The van der Waals surface area contributed by atoms with Crippen LogP contribution in [-0.2, 0) is 0 Å². The van der Waals surface area contributed by atoms with Crippen molar-refractivity contribution in [2.24, 2.45) is 5.73 Å². The topological polar surface area (TPSA) is 72.9 Å². The fraction of sp³-hybridized carbons (Fsp3) is 0.333. The molecule has 0 aliphatic carbocycles. The second kappa shape index (κ2) is 6.34. The van der Waals surface area contributed by atoms with Crippen molar-refractivity contribution in [1.82, 2.24) is 14.9 Å². The first-order chi connectivity index (χ1) is 9.65.